The van der Waals surface area contributed by atoms with E-state index >= 15 is 0 Å². The molecule has 0 fully saturated rings. The monoisotopic (exact) mass is 1170 g/mol. The van der Waals surface area contributed by atoms with Crippen molar-refractivity contribution in [3.8, 4) is 0 Å². The van der Waals surface area contributed by atoms with Crippen molar-refractivity contribution in [2.45, 2.75) is 431 Å². The van der Waals surface area contributed by atoms with Crippen molar-refractivity contribution >= 4 is 11.9 Å². The second kappa shape index (κ2) is 72.6. The number of hydrogen-bond acceptors (Lipinski definition) is 5. The maximum absolute atomic E-state index is 12.5. The molecule has 0 aromatic carbocycles. The first kappa shape index (κ1) is 81.1. The van der Waals surface area contributed by atoms with Crippen LogP contribution in [0.15, 0.2) is 36.5 Å². The van der Waals surface area contributed by atoms with Gasteiger partial charge in [0.1, 0.15) is 0 Å². The molecular formula is C77H147NO5. The molecule has 0 aliphatic rings. The number of allylic oxidation sites excluding steroid dienone is 5. The van der Waals surface area contributed by atoms with Gasteiger partial charge < -0.3 is 20.3 Å². The van der Waals surface area contributed by atoms with Gasteiger partial charge in [-0.15, -0.1) is 0 Å². The van der Waals surface area contributed by atoms with Gasteiger partial charge in [-0.2, -0.15) is 0 Å². The van der Waals surface area contributed by atoms with E-state index < -0.39 is 12.1 Å². The van der Waals surface area contributed by atoms with Gasteiger partial charge in [0.05, 0.1) is 25.4 Å². The quantitative estimate of drug-likeness (QED) is 0.0320. The van der Waals surface area contributed by atoms with Crippen molar-refractivity contribution in [2.75, 3.05) is 13.2 Å². The summed E-state index contributed by atoms with van der Waals surface area (Å²) in [5.74, 6) is -0.0482. The summed E-state index contributed by atoms with van der Waals surface area (Å²) in [6.07, 6.45) is 94.0. The molecule has 0 spiro atoms. The Morgan fingerprint density at radius 3 is 0.855 bits per heavy atom. The summed E-state index contributed by atoms with van der Waals surface area (Å²) in [6, 6.07) is -0.624. The molecule has 2 unspecified atom stereocenters. The van der Waals surface area contributed by atoms with Gasteiger partial charge in [-0.1, -0.05) is 359 Å². The zero-order valence-electron chi connectivity index (χ0n) is 56.2. The number of ether oxygens (including phenoxy) is 1. The molecule has 6 nitrogen and oxygen atoms in total. The highest BCUT2D eigenvalue weighted by Gasteiger charge is 2.18. The van der Waals surface area contributed by atoms with Crippen molar-refractivity contribution in [1.82, 2.24) is 5.32 Å². The molecule has 0 saturated carbocycles. The minimum absolute atomic E-state index is 0.0137. The second-order valence-corrected chi connectivity index (χ2v) is 26.0. The molecule has 0 aromatic heterocycles. The fourth-order valence-electron chi connectivity index (χ4n) is 11.9. The highest BCUT2D eigenvalue weighted by atomic mass is 16.5. The van der Waals surface area contributed by atoms with E-state index in [2.05, 4.69) is 43.5 Å². The van der Waals surface area contributed by atoms with Crippen LogP contribution in [0, 0.1) is 0 Å². The Kier molecular flexibility index (Phi) is 70.9. The van der Waals surface area contributed by atoms with Gasteiger partial charge in [-0.05, 0) is 83.5 Å². The number of aliphatic hydroxyl groups is 2. The second-order valence-electron chi connectivity index (χ2n) is 26.0. The number of carbonyl (C=O) groups is 2. The standard InChI is InChI=1S/C77H147NO5/c1-3-5-7-9-11-13-15-17-42-47-51-55-59-63-67-71-77(82)83-72-68-64-60-56-52-48-44-41-39-37-35-33-31-29-27-25-23-21-19-20-22-24-26-28-30-32-34-36-38-40-43-46-50-54-58-62-66-70-76(81)78-74(73-79)75(80)69-65-61-57-53-49-45-18-16-14-12-10-8-6-4-2/h17,19,21,42,65,69,74-75,79-80H,3-16,18,20,22-41,43-64,66-68,70-73H2,1-2H3,(H,78,81)/b21-19-,42-17-,69-65+. The number of unbranched alkanes of at least 4 members (excludes halogenated alkanes) is 56. The third-order valence-electron chi connectivity index (χ3n) is 17.6. The third-order valence-corrected chi connectivity index (χ3v) is 17.6. The Bertz CT molecular complexity index is 1340. The maximum Gasteiger partial charge on any atom is 0.305 e. The fraction of sp³-hybridized carbons (Fsp3) is 0.896. The van der Waals surface area contributed by atoms with E-state index in [0.717, 1.165) is 44.9 Å². The molecule has 0 radical (unpaired) electrons. The van der Waals surface area contributed by atoms with Crippen LogP contribution in [0.2, 0.25) is 0 Å². The van der Waals surface area contributed by atoms with E-state index in [4.69, 9.17) is 4.74 Å². The van der Waals surface area contributed by atoms with Crippen LogP contribution in [-0.4, -0.2) is 47.4 Å². The first-order valence-corrected chi connectivity index (χ1v) is 37.8. The molecule has 0 aromatic rings. The molecule has 0 rings (SSSR count). The first-order valence-electron chi connectivity index (χ1n) is 37.8. The molecule has 0 saturated heterocycles. The summed E-state index contributed by atoms with van der Waals surface area (Å²) in [4.78, 5) is 24.6. The predicted molar refractivity (Wildman–Crippen MR) is 366 cm³/mol. The van der Waals surface area contributed by atoms with E-state index in [1.807, 2.05) is 6.08 Å². The van der Waals surface area contributed by atoms with Crippen LogP contribution in [0.25, 0.3) is 0 Å². The fourth-order valence-corrected chi connectivity index (χ4v) is 11.9. The molecule has 3 N–H and O–H groups in total. The summed E-state index contributed by atoms with van der Waals surface area (Å²) in [7, 11) is 0. The number of rotatable bonds is 71. The Morgan fingerprint density at radius 2 is 0.566 bits per heavy atom. The van der Waals surface area contributed by atoms with Crippen molar-refractivity contribution in [3.63, 3.8) is 0 Å². The minimum Gasteiger partial charge on any atom is -0.466 e. The van der Waals surface area contributed by atoms with Crippen LogP contribution in [0.4, 0.5) is 0 Å². The van der Waals surface area contributed by atoms with E-state index in [1.54, 1.807) is 6.08 Å². The van der Waals surface area contributed by atoms with Crippen molar-refractivity contribution in [1.29, 1.82) is 0 Å². The summed E-state index contributed by atoms with van der Waals surface area (Å²) in [6.45, 7) is 4.93. The normalized spacial score (nSPS) is 12.7. The number of hydrogen-bond donors (Lipinski definition) is 3. The Morgan fingerprint density at radius 1 is 0.325 bits per heavy atom. The Labute approximate surface area is 519 Å². The van der Waals surface area contributed by atoms with E-state index in [-0.39, 0.29) is 18.5 Å². The lowest BCUT2D eigenvalue weighted by molar-refractivity contribution is -0.143. The molecule has 0 heterocycles. The van der Waals surface area contributed by atoms with Crippen LogP contribution >= 0.6 is 0 Å². The molecule has 0 bridgehead atoms. The lowest BCUT2D eigenvalue weighted by Gasteiger charge is -2.20. The molecule has 0 aliphatic heterocycles. The van der Waals surface area contributed by atoms with E-state index in [9.17, 15) is 19.8 Å². The van der Waals surface area contributed by atoms with Crippen LogP contribution in [-0.2, 0) is 14.3 Å². The average Bonchev–Trinajstić information content (AvgIpc) is 3.49. The zero-order chi connectivity index (χ0) is 59.9. The van der Waals surface area contributed by atoms with Gasteiger partial charge in [-0.25, -0.2) is 0 Å². The minimum atomic E-state index is -0.841. The Balaban J connectivity index is 3.33. The zero-order valence-corrected chi connectivity index (χ0v) is 56.2. The molecule has 1 amide bonds. The molecule has 83 heavy (non-hydrogen) atoms. The van der Waals surface area contributed by atoms with Crippen molar-refractivity contribution in [2.24, 2.45) is 0 Å². The molecule has 6 heteroatoms. The highest BCUT2D eigenvalue weighted by molar-refractivity contribution is 5.76. The predicted octanol–water partition coefficient (Wildman–Crippen LogP) is 24.7. The number of nitrogens with one attached hydrogen (secondary N) is 1. The number of amides is 1. The topological polar surface area (TPSA) is 95.9 Å². The van der Waals surface area contributed by atoms with Crippen LogP contribution in [0.1, 0.15) is 418 Å². The molecular weight excluding hydrogens is 1020 g/mol. The van der Waals surface area contributed by atoms with Crippen LogP contribution in [0.3, 0.4) is 0 Å². The lowest BCUT2D eigenvalue weighted by atomic mass is 10.0. The lowest BCUT2D eigenvalue weighted by Crippen LogP contribution is -2.45. The first-order chi connectivity index (χ1) is 41.0. The van der Waals surface area contributed by atoms with Gasteiger partial charge in [0.25, 0.3) is 0 Å². The van der Waals surface area contributed by atoms with Gasteiger partial charge >= 0.3 is 5.97 Å². The van der Waals surface area contributed by atoms with Crippen LogP contribution in [0.5, 0.6) is 0 Å². The Hall–Kier alpha value is -1.92. The molecule has 0 aliphatic carbocycles. The van der Waals surface area contributed by atoms with E-state index in [1.165, 1.54) is 347 Å². The van der Waals surface area contributed by atoms with Crippen LogP contribution < -0.4 is 5.32 Å². The molecule has 490 valence electrons. The van der Waals surface area contributed by atoms with Gasteiger partial charge in [0.2, 0.25) is 5.91 Å². The number of carbonyl (C=O) groups excluding carboxylic acids is 2. The summed E-state index contributed by atoms with van der Waals surface area (Å²) in [5.41, 5.74) is 0. The molecule has 2 atom stereocenters. The van der Waals surface area contributed by atoms with E-state index in [0.29, 0.717) is 19.4 Å². The average molecular weight is 1170 g/mol. The largest absolute Gasteiger partial charge is 0.466 e. The summed E-state index contributed by atoms with van der Waals surface area (Å²) < 4.78 is 5.50. The van der Waals surface area contributed by atoms with Gasteiger partial charge in [0.15, 0.2) is 0 Å². The maximum atomic E-state index is 12.5. The van der Waals surface area contributed by atoms with Crippen molar-refractivity contribution < 1.29 is 24.5 Å². The summed E-state index contributed by atoms with van der Waals surface area (Å²) in [5, 5.41) is 23.2. The van der Waals surface area contributed by atoms with Crippen molar-refractivity contribution in [3.05, 3.63) is 36.5 Å². The number of esters is 1. The smallest absolute Gasteiger partial charge is 0.305 e. The SMILES string of the molecule is CCCCCCCC/C=C\CCCCCCCC(=O)OCCCCCCCCCCCCCCCCCC/C=C\CCCCCCCCCCCCCCCCCCCC(=O)NC(CO)C(O)/C=C/CCCCCCCCCCCCCC. The highest BCUT2D eigenvalue weighted by Crippen LogP contribution is 2.19. The third kappa shape index (κ3) is 69.1. The number of aliphatic hydroxyl groups excluding tert-OH is 2. The van der Waals surface area contributed by atoms with Gasteiger partial charge in [-0.3, -0.25) is 9.59 Å². The summed E-state index contributed by atoms with van der Waals surface area (Å²) >= 11 is 0. The van der Waals surface area contributed by atoms with Gasteiger partial charge in [0, 0.05) is 12.8 Å².